The quantitative estimate of drug-likeness (QED) is 0.0558. The van der Waals surface area contributed by atoms with Crippen LogP contribution in [0.5, 0.6) is 0 Å². The molecule has 5 heterocycles. The summed E-state index contributed by atoms with van der Waals surface area (Å²) in [7, 11) is 0. The van der Waals surface area contributed by atoms with E-state index in [9.17, 15) is 0 Å². The topological polar surface area (TPSA) is 31.0 Å². The molecule has 5 aliphatic heterocycles. The first kappa shape index (κ1) is 38.6. The maximum Gasteiger partial charge on any atom is 0.0844 e. The summed E-state index contributed by atoms with van der Waals surface area (Å²) in [5.41, 5.74) is 0. The molecule has 0 aromatic rings. The summed E-state index contributed by atoms with van der Waals surface area (Å²) in [6.45, 7) is 0. The fourth-order valence-corrected chi connectivity index (χ4v) is 11.2. The third kappa shape index (κ3) is 14.3. The molecule has 0 radical (unpaired) electrons. The van der Waals surface area contributed by atoms with Gasteiger partial charge in [-0.2, -0.15) is 0 Å². The molecule has 8 rings (SSSR count). The number of hydrogen-bond donors (Lipinski definition) is 0. The molecule has 3 heteroatoms. The first-order valence-electron chi connectivity index (χ1n) is 23.2. The third-order valence-electron chi connectivity index (χ3n) is 14.6. The first-order valence-corrected chi connectivity index (χ1v) is 23.2. The molecule has 4 bridgehead atoms. The van der Waals surface area contributed by atoms with Crippen LogP contribution in [0.3, 0.4) is 0 Å². The Labute approximate surface area is 304 Å². The molecule has 3 nitrogen and oxygen atoms in total. The molecule has 0 N–H and O–H groups in total. The Bertz CT molecular complexity index is 809. The Morgan fingerprint density at radius 1 is 0.327 bits per heavy atom. The second kappa shape index (κ2) is 22.2. The molecule has 5 saturated heterocycles. The van der Waals surface area contributed by atoms with Crippen molar-refractivity contribution in [3.63, 3.8) is 0 Å². The minimum atomic E-state index is 0.646. The summed E-state index contributed by atoms with van der Waals surface area (Å²) < 4.78 is 17.5. The van der Waals surface area contributed by atoms with E-state index in [0.717, 1.165) is 23.7 Å². The highest BCUT2D eigenvalue weighted by Gasteiger charge is 2.43. The predicted molar refractivity (Wildman–Crippen MR) is 206 cm³/mol. The Kier molecular flexibility index (Phi) is 17.5. The van der Waals surface area contributed by atoms with Gasteiger partial charge in [0.25, 0.3) is 0 Å². The molecule has 9 unspecified atom stereocenters. The van der Waals surface area contributed by atoms with Crippen LogP contribution in [0.1, 0.15) is 231 Å². The highest BCUT2D eigenvalue weighted by Crippen LogP contribution is 2.43. The van der Waals surface area contributed by atoms with Gasteiger partial charge in [-0.3, -0.25) is 0 Å². The summed E-state index contributed by atoms with van der Waals surface area (Å²) in [5, 5.41) is 0. The van der Waals surface area contributed by atoms with Gasteiger partial charge in [0.05, 0.1) is 36.6 Å². The van der Waals surface area contributed by atoms with Crippen LogP contribution in [0.4, 0.5) is 0 Å². The highest BCUT2D eigenvalue weighted by atomic mass is 16.6. The van der Waals surface area contributed by atoms with Gasteiger partial charge >= 0.3 is 0 Å². The Morgan fingerprint density at radius 3 is 1.33 bits per heavy atom. The second-order valence-corrected chi connectivity index (χ2v) is 18.7. The standard InChI is InChI=1S/C46H82O3/c1(7-13-19-25-38-28-31-44-46(34-38)49-44)4-10-16-22-37(23-17-11-5-2-8-14-20-26-39-32-42-35-43(33-39)47-42)24-18-12-6-3-9-15-21-27-40-29-30-41-36-45(40)48-41/h37-46H,1-36H2. The molecule has 0 spiro atoms. The lowest BCUT2D eigenvalue weighted by Gasteiger charge is -2.46. The van der Waals surface area contributed by atoms with E-state index in [4.69, 9.17) is 14.2 Å². The molecule has 0 aromatic carbocycles. The summed E-state index contributed by atoms with van der Waals surface area (Å²) in [5.74, 6) is 3.89. The number of unbranched alkanes of at least 4 members (excludes halogenated alkanes) is 18. The summed E-state index contributed by atoms with van der Waals surface area (Å²) in [6.07, 6.45) is 56.4. The van der Waals surface area contributed by atoms with E-state index in [1.807, 2.05) is 0 Å². The summed E-state index contributed by atoms with van der Waals surface area (Å²) >= 11 is 0. The van der Waals surface area contributed by atoms with Gasteiger partial charge in [0.2, 0.25) is 0 Å². The lowest BCUT2D eigenvalue weighted by atomic mass is 9.77. The molecule has 3 saturated carbocycles. The van der Waals surface area contributed by atoms with Gasteiger partial charge in [0.15, 0.2) is 0 Å². The van der Waals surface area contributed by atoms with Crippen molar-refractivity contribution < 1.29 is 14.2 Å². The Balaban J connectivity index is 0.741. The van der Waals surface area contributed by atoms with Crippen molar-refractivity contribution in [2.45, 2.75) is 268 Å². The van der Waals surface area contributed by atoms with Gasteiger partial charge in [-0.15, -0.1) is 0 Å². The normalized spacial score (nSPS) is 33.4. The predicted octanol–water partition coefficient (Wildman–Crippen LogP) is 13.8. The number of fused-ring (bicyclic) bond motifs is 5. The average molecular weight is 683 g/mol. The van der Waals surface area contributed by atoms with E-state index in [-0.39, 0.29) is 0 Å². The Morgan fingerprint density at radius 2 is 0.816 bits per heavy atom. The van der Waals surface area contributed by atoms with Crippen LogP contribution in [0.15, 0.2) is 0 Å². The van der Waals surface area contributed by atoms with E-state index < -0.39 is 0 Å². The van der Waals surface area contributed by atoms with E-state index in [2.05, 4.69) is 0 Å². The van der Waals surface area contributed by atoms with Gasteiger partial charge in [0, 0.05) is 6.42 Å². The van der Waals surface area contributed by atoms with Crippen molar-refractivity contribution in [1.29, 1.82) is 0 Å². The minimum Gasteiger partial charge on any atom is -0.375 e. The fraction of sp³-hybridized carbons (Fsp3) is 1.00. The first-order chi connectivity index (χ1) is 24.3. The van der Waals surface area contributed by atoms with Crippen LogP contribution in [-0.4, -0.2) is 36.6 Å². The summed E-state index contributed by atoms with van der Waals surface area (Å²) in [4.78, 5) is 0. The smallest absolute Gasteiger partial charge is 0.0844 e. The largest absolute Gasteiger partial charge is 0.375 e. The molecule has 0 amide bonds. The molecular formula is C46H82O3. The van der Waals surface area contributed by atoms with Crippen molar-refractivity contribution in [3.8, 4) is 0 Å². The second-order valence-electron chi connectivity index (χ2n) is 18.7. The van der Waals surface area contributed by atoms with Crippen molar-refractivity contribution in [2.24, 2.45) is 23.7 Å². The molecule has 3 aliphatic carbocycles. The van der Waals surface area contributed by atoms with Crippen molar-refractivity contribution >= 4 is 0 Å². The molecule has 8 aliphatic rings. The third-order valence-corrected chi connectivity index (χ3v) is 14.6. The highest BCUT2D eigenvalue weighted by molar-refractivity contribution is 4.92. The molecule has 49 heavy (non-hydrogen) atoms. The van der Waals surface area contributed by atoms with Gasteiger partial charge in [0.1, 0.15) is 0 Å². The maximum absolute atomic E-state index is 5.97. The van der Waals surface area contributed by atoms with Crippen molar-refractivity contribution in [1.82, 2.24) is 0 Å². The molecular weight excluding hydrogens is 601 g/mol. The Hall–Kier alpha value is -0.120. The molecule has 284 valence electrons. The van der Waals surface area contributed by atoms with Crippen LogP contribution in [0.25, 0.3) is 0 Å². The number of hydrogen-bond acceptors (Lipinski definition) is 3. The number of ether oxygens (including phenoxy) is 3. The summed E-state index contributed by atoms with van der Waals surface area (Å²) in [6, 6.07) is 0. The van der Waals surface area contributed by atoms with E-state index in [1.54, 1.807) is 0 Å². The van der Waals surface area contributed by atoms with Crippen molar-refractivity contribution in [2.75, 3.05) is 0 Å². The SMILES string of the molecule is C(CCCCC(CCCCCCCCCC1CCC2OC2C1)CCCCCCCCCC1CCC2CC1O2)CCCCC1CC2CC(C1)O2. The zero-order chi connectivity index (χ0) is 33.4. The molecule has 8 fully saturated rings. The zero-order valence-corrected chi connectivity index (χ0v) is 32.5. The van der Waals surface area contributed by atoms with Crippen molar-refractivity contribution in [3.05, 3.63) is 0 Å². The van der Waals surface area contributed by atoms with E-state index >= 15 is 0 Å². The van der Waals surface area contributed by atoms with Crippen LogP contribution in [0, 0.1) is 23.7 Å². The van der Waals surface area contributed by atoms with Gasteiger partial charge < -0.3 is 14.2 Å². The monoisotopic (exact) mass is 683 g/mol. The van der Waals surface area contributed by atoms with E-state index in [1.165, 1.54) is 231 Å². The lowest BCUT2D eigenvalue weighted by Crippen LogP contribution is -2.47. The van der Waals surface area contributed by atoms with Crippen LogP contribution >= 0.6 is 0 Å². The number of epoxide rings is 1. The van der Waals surface area contributed by atoms with Crippen LogP contribution < -0.4 is 0 Å². The van der Waals surface area contributed by atoms with E-state index in [0.29, 0.717) is 36.6 Å². The van der Waals surface area contributed by atoms with Crippen LogP contribution in [-0.2, 0) is 14.2 Å². The zero-order valence-electron chi connectivity index (χ0n) is 32.5. The molecule has 9 atom stereocenters. The van der Waals surface area contributed by atoms with Crippen LogP contribution in [0.2, 0.25) is 0 Å². The number of rotatable bonds is 30. The average Bonchev–Trinajstić information content (AvgIpc) is 3.87. The fourth-order valence-electron chi connectivity index (χ4n) is 11.2. The molecule has 0 aromatic heterocycles. The lowest BCUT2D eigenvalue weighted by molar-refractivity contribution is -0.186. The van der Waals surface area contributed by atoms with Gasteiger partial charge in [-0.1, -0.05) is 167 Å². The van der Waals surface area contributed by atoms with Gasteiger partial charge in [-0.05, 0) is 81.5 Å². The van der Waals surface area contributed by atoms with Gasteiger partial charge in [-0.25, -0.2) is 0 Å². The maximum atomic E-state index is 5.97. The minimum absolute atomic E-state index is 0.646.